The molecule has 4 aromatic heterocycles. The minimum atomic E-state index is 0.0937. The zero-order chi connectivity index (χ0) is 15.6. The Bertz CT molecular complexity index is 945. The van der Waals surface area contributed by atoms with E-state index in [9.17, 15) is 4.79 Å². The SMILES string of the molecule is O=C(CSc1nnc2ccc(-c3cccs3)nn12)c1cccs1. The third-order valence-electron chi connectivity index (χ3n) is 3.14. The predicted octanol–water partition coefficient (Wildman–Crippen LogP) is 3.89. The fourth-order valence-corrected chi connectivity index (χ4v) is 4.27. The van der Waals surface area contributed by atoms with Crippen LogP contribution in [0.15, 0.2) is 52.3 Å². The van der Waals surface area contributed by atoms with E-state index in [1.165, 1.54) is 23.1 Å². The number of hydrogen-bond acceptors (Lipinski definition) is 7. The van der Waals surface area contributed by atoms with Crippen LogP contribution in [0.1, 0.15) is 9.67 Å². The van der Waals surface area contributed by atoms with Gasteiger partial charge in [-0.25, -0.2) is 0 Å². The number of hydrogen-bond donors (Lipinski definition) is 0. The Morgan fingerprint density at radius 2 is 1.96 bits per heavy atom. The largest absolute Gasteiger partial charge is 0.292 e. The average Bonchev–Trinajstić information content (AvgIpc) is 3.33. The second-order valence-electron chi connectivity index (χ2n) is 4.64. The summed E-state index contributed by atoms with van der Waals surface area (Å²) in [7, 11) is 0. The highest BCUT2D eigenvalue weighted by atomic mass is 32.2. The van der Waals surface area contributed by atoms with Crippen molar-refractivity contribution >= 4 is 45.9 Å². The number of rotatable bonds is 5. The van der Waals surface area contributed by atoms with Crippen molar-refractivity contribution in [1.29, 1.82) is 0 Å². The van der Waals surface area contributed by atoms with Crippen molar-refractivity contribution in [1.82, 2.24) is 19.8 Å². The molecule has 0 aliphatic heterocycles. The van der Waals surface area contributed by atoms with Crippen LogP contribution in [0.25, 0.3) is 16.2 Å². The van der Waals surface area contributed by atoms with Gasteiger partial charge in [0.15, 0.2) is 11.4 Å². The lowest BCUT2D eigenvalue weighted by atomic mass is 10.3. The van der Waals surface area contributed by atoms with E-state index in [0.717, 1.165) is 15.4 Å². The fourth-order valence-electron chi connectivity index (χ4n) is 2.05. The van der Waals surface area contributed by atoms with Gasteiger partial charge in [0.05, 0.1) is 15.5 Å². The topological polar surface area (TPSA) is 60.2 Å². The van der Waals surface area contributed by atoms with Gasteiger partial charge in [0.2, 0.25) is 5.16 Å². The predicted molar refractivity (Wildman–Crippen MR) is 93.5 cm³/mol. The molecule has 4 aromatic rings. The lowest BCUT2D eigenvalue weighted by molar-refractivity contribution is 0.102. The molecule has 114 valence electrons. The fraction of sp³-hybridized carbons (Fsp3) is 0.0667. The number of ketones is 1. The number of carbonyl (C=O) groups excluding carboxylic acids is 1. The molecule has 0 N–H and O–H groups in total. The van der Waals surface area contributed by atoms with E-state index in [1.807, 2.05) is 47.2 Å². The van der Waals surface area contributed by atoms with Crippen LogP contribution in [0.4, 0.5) is 0 Å². The summed E-state index contributed by atoms with van der Waals surface area (Å²) in [5.74, 6) is 0.419. The highest BCUT2D eigenvalue weighted by Crippen LogP contribution is 2.24. The zero-order valence-electron chi connectivity index (χ0n) is 11.7. The van der Waals surface area contributed by atoms with Crippen molar-refractivity contribution in [2.24, 2.45) is 0 Å². The summed E-state index contributed by atoms with van der Waals surface area (Å²) >= 11 is 4.44. The Hall–Kier alpha value is -2.03. The molecule has 0 atom stereocenters. The summed E-state index contributed by atoms with van der Waals surface area (Å²) in [6, 6.07) is 11.6. The Balaban J connectivity index is 1.60. The van der Waals surface area contributed by atoms with Crippen LogP contribution in [-0.2, 0) is 0 Å². The maximum absolute atomic E-state index is 12.1. The van der Waals surface area contributed by atoms with Crippen molar-refractivity contribution in [3.05, 3.63) is 52.0 Å². The Morgan fingerprint density at radius 3 is 2.74 bits per heavy atom. The van der Waals surface area contributed by atoms with E-state index < -0.39 is 0 Å². The van der Waals surface area contributed by atoms with Gasteiger partial charge in [0.1, 0.15) is 5.69 Å². The number of Topliss-reactive ketones (excluding diaryl/α,β-unsaturated/α-hetero) is 1. The maximum Gasteiger partial charge on any atom is 0.212 e. The highest BCUT2D eigenvalue weighted by Gasteiger charge is 2.13. The van der Waals surface area contributed by atoms with Crippen LogP contribution in [0.2, 0.25) is 0 Å². The zero-order valence-corrected chi connectivity index (χ0v) is 14.2. The first-order valence-corrected chi connectivity index (χ1v) is 9.51. The van der Waals surface area contributed by atoms with E-state index in [-0.39, 0.29) is 5.78 Å². The molecule has 0 aromatic carbocycles. The van der Waals surface area contributed by atoms with E-state index >= 15 is 0 Å². The van der Waals surface area contributed by atoms with Crippen LogP contribution in [0.3, 0.4) is 0 Å². The van der Waals surface area contributed by atoms with Crippen LogP contribution in [-0.4, -0.2) is 31.3 Å². The Kier molecular flexibility index (Phi) is 3.94. The van der Waals surface area contributed by atoms with Crippen LogP contribution in [0.5, 0.6) is 0 Å². The molecule has 0 radical (unpaired) electrons. The Labute approximate surface area is 144 Å². The summed E-state index contributed by atoms with van der Waals surface area (Å²) in [4.78, 5) is 14.0. The molecule has 23 heavy (non-hydrogen) atoms. The molecule has 0 amide bonds. The monoisotopic (exact) mass is 358 g/mol. The first kappa shape index (κ1) is 14.6. The standard InChI is InChI=1S/C15H10N4OS3/c20-11(13-4-2-8-22-13)9-23-15-17-16-14-6-5-10(18-19(14)15)12-3-1-7-21-12/h1-8H,9H2. The molecular formula is C15H10N4OS3. The number of fused-ring (bicyclic) bond motifs is 1. The molecule has 0 saturated heterocycles. The van der Waals surface area contributed by atoms with E-state index in [2.05, 4.69) is 15.3 Å². The van der Waals surface area contributed by atoms with Gasteiger partial charge in [-0.15, -0.1) is 32.9 Å². The minimum absolute atomic E-state index is 0.0937. The number of thioether (sulfide) groups is 1. The lowest BCUT2D eigenvalue weighted by Gasteiger charge is -2.01. The molecular weight excluding hydrogens is 348 g/mol. The molecule has 0 spiro atoms. The third kappa shape index (κ3) is 2.92. The molecule has 0 bridgehead atoms. The van der Waals surface area contributed by atoms with E-state index in [0.29, 0.717) is 16.6 Å². The maximum atomic E-state index is 12.1. The quantitative estimate of drug-likeness (QED) is 0.400. The van der Waals surface area contributed by atoms with Gasteiger partial charge in [0, 0.05) is 0 Å². The van der Waals surface area contributed by atoms with Crippen LogP contribution in [0, 0.1) is 0 Å². The van der Waals surface area contributed by atoms with Crippen LogP contribution < -0.4 is 0 Å². The minimum Gasteiger partial charge on any atom is -0.292 e. The summed E-state index contributed by atoms with van der Waals surface area (Å²) < 4.78 is 1.70. The van der Waals surface area contributed by atoms with Gasteiger partial charge < -0.3 is 0 Å². The van der Waals surface area contributed by atoms with Crippen molar-refractivity contribution in [2.45, 2.75) is 5.16 Å². The van der Waals surface area contributed by atoms with Crippen molar-refractivity contribution in [3.63, 3.8) is 0 Å². The Morgan fingerprint density at radius 1 is 1.09 bits per heavy atom. The van der Waals surface area contributed by atoms with Gasteiger partial charge in [-0.1, -0.05) is 23.9 Å². The van der Waals surface area contributed by atoms with Gasteiger partial charge in [-0.05, 0) is 35.0 Å². The molecule has 0 aliphatic rings. The van der Waals surface area contributed by atoms with Gasteiger partial charge >= 0.3 is 0 Å². The van der Waals surface area contributed by atoms with E-state index in [1.54, 1.807) is 15.9 Å². The third-order valence-corrected chi connectivity index (χ3v) is 5.86. The second-order valence-corrected chi connectivity index (χ2v) is 7.48. The molecule has 4 rings (SSSR count). The molecule has 0 fully saturated rings. The van der Waals surface area contributed by atoms with Gasteiger partial charge in [-0.3, -0.25) is 4.79 Å². The molecule has 0 saturated carbocycles. The summed E-state index contributed by atoms with van der Waals surface area (Å²) in [5.41, 5.74) is 1.55. The van der Waals surface area contributed by atoms with Crippen molar-refractivity contribution < 1.29 is 4.79 Å². The second kappa shape index (κ2) is 6.23. The first-order chi connectivity index (χ1) is 11.3. The molecule has 5 nitrogen and oxygen atoms in total. The number of carbonyl (C=O) groups is 1. The summed E-state index contributed by atoms with van der Waals surface area (Å²) in [5, 5.41) is 17.4. The smallest absolute Gasteiger partial charge is 0.212 e. The summed E-state index contributed by atoms with van der Waals surface area (Å²) in [6.07, 6.45) is 0. The summed E-state index contributed by atoms with van der Waals surface area (Å²) in [6.45, 7) is 0. The van der Waals surface area contributed by atoms with Crippen LogP contribution >= 0.6 is 34.4 Å². The number of thiophene rings is 2. The van der Waals surface area contributed by atoms with Gasteiger partial charge in [-0.2, -0.15) is 9.61 Å². The number of aromatic nitrogens is 4. The van der Waals surface area contributed by atoms with Crippen molar-refractivity contribution in [3.8, 4) is 10.6 Å². The average molecular weight is 358 g/mol. The number of nitrogens with zero attached hydrogens (tertiary/aromatic N) is 4. The van der Waals surface area contributed by atoms with E-state index in [4.69, 9.17) is 0 Å². The molecule has 4 heterocycles. The molecule has 0 aliphatic carbocycles. The normalized spacial score (nSPS) is 11.1. The van der Waals surface area contributed by atoms with Crippen molar-refractivity contribution in [2.75, 3.05) is 5.75 Å². The first-order valence-electron chi connectivity index (χ1n) is 6.77. The highest BCUT2D eigenvalue weighted by molar-refractivity contribution is 7.99. The molecule has 8 heteroatoms. The lowest BCUT2D eigenvalue weighted by Crippen LogP contribution is -2.02. The van der Waals surface area contributed by atoms with Gasteiger partial charge in [0.25, 0.3) is 0 Å². The molecule has 0 unspecified atom stereocenters.